The zero-order valence-electron chi connectivity index (χ0n) is 13.8. The van der Waals surface area contributed by atoms with Gasteiger partial charge in [0.05, 0.1) is 0 Å². The quantitative estimate of drug-likeness (QED) is 0.910. The Labute approximate surface area is 137 Å². The predicted molar refractivity (Wildman–Crippen MR) is 91.5 cm³/mol. The molecular weight excluding hydrogens is 288 g/mol. The summed E-state index contributed by atoms with van der Waals surface area (Å²) in [6.07, 6.45) is 2.93. The molecule has 0 aliphatic carbocycles. The molecule has 0 saturated carbocycles. The highest BCUT2D eigenvalue weighted by molar-refractivity contribution is 5.92. The lowest BCUT2D eigenvalue weighted by Gasteiger charge is -2.28. The number of rotatable bonds is 4. The van der Waals surface area contributed by atoms with E-state index >= 15 is 0 Å². The Kier molecular flexibility index (Phi) is 4.82. The summed E-state index contributed by atoms with van der Waals surface area (Å²) in [5, 5.41) is 6.46. The van der Waals surface area contributed by atoms with Crippen molar-refractivity contribution in [1.29, 1.82) is 0 Å². The highest BCUT2D eigenvalue weighted by Crippen LogP contribution is 2.23. The van der Waals surface area contributed by atoms with Crippen molar-refractivity contribution >= 4 is 5.91 Å². The second-order valence-electron chi connectivity index (χ2n) is 6.26. The first kappa shape index (κ1) is 15.8. The number of hydrogen-bond donors (Lipinski definition) is 2. The largest absolute Gasteiger partial charge is 0.451 e. The van der Waals surface area contributed by atoms with Crippen molar-refractivity contribution in [1.82, 2.24) is 10.6 Å². The number of hydrogen-bond acceptors (Lipinski definition) is 3. The van der Waals surface area contributed by atoms with Crippen LogP contribution in [0.25, 0.3) is 11.3 Å². The summed E-state index contributed by atoms with van der Waals surface area (Å²) in [5.74, 6) is 0.989. The van der Waals surface area contributed by atoms with Crippen molar-refractivity contribution in [3.63, 3.8) is 0 Å². The Hall–Kier alpha value is -2.07. The first-order chi connectivity index (χ1) is 11.2. The summed E-state index contributed by atoms with van der Waals surface area (Å²) in [6, 6.07) is 12.5. The lowest BCUT2D eigenvalue weighted by Crippen LogP contribution is -2.46. The van der Waals surface area contributed by atoms with Crippen LogP contribution in [0.15, 0.2) is 40.8 Å². The summed E-state index contributed by atoms with van der Waals surface area (Å²) in [7, 11) is 0. The fourth-order valence-corrected chi connectivity index (χ4v) is 3.04. The van der Waals surface area contributed by atoms with Gasteiger partial charge in [0.2, 0.25) is 0 Å². The fourth-order valence-electron chi connectivity index (χ4n) is 3.04. The van der Waals surface area contributed by atoms with Crippen molar-refractivity contribution in [3.05, 3.63) is 47.7 Å². The third-order valence-corrected chi connectivity index (χ3v) is 4.44. The molecule has 2 unspecified atom stereocenters. The summed E-state index contributed by atoms with van der Waals surface area (Å²) in [6.45, 7) is 5.22. The van der Waals surface area contributed by atoms with Gasteiger partial charge < -0.3 is 15.1 Å². The molecule has 1 fully saturated rings. The minimum Gasteiger partial charge on any atom is -0.451 e. The molecule has 1 aliphatic heterocycles. The molecular formula is C19H24N2O2. The van der Waals surface area contributed by atoms with Crippen molar-refractivity contribution < 1.29 is 9.21 Å². The minimum atomic E-state index is -0.125. The van der Waals surface area contributed by atoms with E-state index in [9.17, 15) is 4.79 Å². The maximum atomic E-state index is 12.3. The number of benzene rings is 1. The van der Waals surface area contributed by atoms with Gasteiger partial charge in [0, 0.05) is 17.6 Å². The molecule has 4 nitrogen and oxygen atoms in total. The van der Waals surface area contributed by atoms with Gasteiger partial charge in [-0.15, -0.1) is 0 Å². The van der Waals surface area contributed by atoms with Crippen molar-refractivity contribution in [2.45, 2.75) is 45.2 Å². The van der Waals surface area contributed by atoms with Gasteiger partial charge in [-0.25, -0.2) is 0 Å². The third kappa shape index (κ3) is 3.82. The molecule has 4 heteroatoms. The maximum Gasteiger partial charge on any atom is 0.287 e. The Bertz CT molecular complexity index is 660. The van der Waals surface area contributed by atoms with Crippen LogP contribution in [0.3, 0.4) is 0 Å². The van der Waals surface area contributed by atoms with Crippen LogP contribution >= 0.6 is 0 Å². The van der Waals surface area contributed by atoms with Crippen LogP contribution in [-0.2, 0) is 6.42 Å². The molecule has 23 heavy (non-hydrogen) atoms. The molecule has 2 aromatic rings. The van der Waals surface area contributed by atoms with E-state index in [-0.39, 0.29) is 11.9 Å². The Morgan fingerprint density at radius 2 is 2.04 bits per heavy atom. The predicted octanol–water partition coefficient (Wildman–Crippen LogP) is 3.38. The lowest BCUT2D eigenvalue weighted by molar-refractivity contribution is 0.0898. The number of carbonyl (C=O) groups excluding carboxylic acids is 1. The first-order valence-corrected chi connectivity index (χ1v) is 8.39. The molecule has 2 N–H and O–H groups in total. The second-order valence-corrected chi connectivity index (χ2v) is 6.26. The van der Waals surface area contributed by atoms with E-state index in [1.54, 1.807) is 6.07 Å². The van der Waals surface area contributed by atoms with Crippen molar-refractivity contribution in [2.75, 3.05) is 6.54 Å². The van der Waals surface area contributed by atoms with Gasteiger partial charge in [-0.2, -0.15) is 0 Å². The monoisotopic (exact) mass is 312 g/mol. The van der Waals surface area contributed by atoms with Gasteiger partial charge >= 0.3 is 0 Å². The van der Waals surface area contributed by atoms with Crippen LogP contribution in [-0.4, -0.2) is 24.5 Å². The average molecular weight is 312 g/mol. The van der Waals surface area contributed by atoms with Crippen LogP contribution in [0.4, 0.5) is 0 Å². The van der Waals surface area contributed by atoms with Crippen LogP contribution in [0.2, 0.25) is 0 Å². The van der Waals surface area contributed by atoms with Gasteiger partial charge in [-0.1, -0.05) is 31.2 Å². The molecule has 1 amide bonds. The number of carbonyl (C=O) groups is 1. The van der Waals surface area contributed by atoms with Gasteiger partial charge in [0.25, 0.3) is 5.91 Å². The molecule has 2 heterocycles. The molecule has 0 radical (unpaired) electrons. The molecule has 2 atom stereocenters. The molecule has 0 bridgehead atoms. The van der Waals surface area contributed by atoms with Crippen LogP contribution in [0, 0.1) is 0 Å². The van der Waals surface area contributed by atoms with Crippen molar-refractivity contribution in [3.8, 4) is 11.3 Å². The number of piperidine rings is 1. The molecule has 122 valence electrons. The van der Waals surface area contributed by atoms with E-state index in [0.29, 0.717) is 11.8 Å². The van der Waals surface area contributed by atoms with Crippen LogP contribution in [0.1, 0.15) is 42.8 Å². The summed E-state index contributed by atoms with van der Waals surface area (Å²) >= 11 is 0. The zero-order chi connectivity index (χ0) is 16.2. The second kappa shape index (κ2) is 7.01. The molecule has 0 spiro atoms. The first-order valence-electron chi connectivity index (χ1n) is 8.39. The standard InChI is InChI=1S/C19H24N2O2/c1-3-14-4-6-15(7-5-14)17-8-9-18(23-17)19(22)21-16-10-11-20-13(2)12-16/h4-9,13,16,20H,3,10-12H2,1-2H3,(H,21,22). The van der Waals surface area contributed by atoms with E-state index in [1.807, 2.05) is 18.2 Å². The van der Waals surface area contributed by atoms with Gasteiger partial charge in [0.15, 0.2) is 5.76 Å². The van der Waals surface area contributed by atoms with E-state index in [0.717, 1.165) is 37.1 Å². The average Bonchev–Trinajstić information content (AvgIpc) is 3.05. The normalized spacial score (nSPS) is 21.1. The Balaban J connectivity index is 1.66. The van der Waals surface area contributed by atoms with Crippen LogP contribution in [0.5, 0.6) is 0 Å². The van der Waals surface area contributed by atoms with E-state index in [4.69, 9.17) is 4.42 Å². The maximum absolute atomic E-state index is 12.3. The smallest absolute Gasteiger partial charge is 0.287 e. The summed E-state index contributed by atoms with van der Waals surface area (Å²) < 4.78 is 5.75. The third-order valence-electron chi connectivity index (χ3n) is 4.44. The van der Waals surface area contributed by atoms with Crippen LogP contribution < -0.4 is 10.6 Å². The lowest BCUT2D eigenvalue weighted by atomic mass is 10.0. The number of aryl methyl sites for hydroxylation is 1. The summed E-state index contributed by atoms with van der Waals surface area (Å²) in [4.78, 5) is 12.3. The Morgan fingerprint density at radius 1 is 1.26 bits per heavy atom. The van der Waals surface area contributed by atoms with E-state index in [2.05, 4.69) is 36.6 Å². The number of nitrogens with one attached hydrogen (secondary N) is 2. The zero-order valence-corrected chi connectivity index (χ0v) is 13.8. The molecule has 1 aromatic carbocycles. The minimum absolute atomic E-state index is 0.125. The topological polar surface area (TPSA) is 54.3 Å². The molecule has 1 saturated heterocycles. The number of amides is 1. The van der Waals surface area contributed by atoms with Gasteiger partial charge in [-0.05, 0) is 50.4 Å². The van der Waals surface area contributed by atoms with Gasteiger partial charge in [-0.3, -0.25) is 4.79 Å². The fraction of sp³-hybridized carbons (Fsp3) is 0.421. The van der Waals surface area contributed by atoms with Crippen molar-refractivity contribution in [2.24, 2.45) is 0 Å². The highest BCUT2D eigenvalue weighted by atomic mass is 16.3. The summed E-state index contributed by atoms with van der Waals surface area (Å²) in [5.41, 5.74) is 2.29. The van der Waals surface area contributed by atoms with E-state index < -0.39 is 0 Å². The molecule has 1 aliphatic rings. The SMILES string of the molecule is CCc1ccc(-c2ccc(C(=O)NC3CCNC(C)C3)o2)cc1. The molecule has 1 aromatic heterocycles. The highest BCUT2D eigenvalue weighted by Gasteiger charge is 2.22. The van der Waals surface area contributed by atoms with E-state index in [1.165, 1.54) is 5.56 Å². The number of furan rings is 1. The van der Waals surface area contributed by atoms with Gasteiger partial charge in [0.1, 0.15) is 5.76 Å². The Morgan fingerprint density at radius 3 is 2.74 bits per heavy atom. The molecule has 3 rings (SSSR count).